The van der Waals surface area contributed by atoms with Crippen LogP contribution in [0.25, 0.3) is 0 Å². The summed E-state index contributed by atoms with van der Waals surface area (Å²) in [6, 6.07) is 22.2. The van der Waals surface area contributed by atoms with Crippen LogP contribution in [0.4, 0.5) is 0 Å². The van der Waals surface area contributed by atoms with Gasteiger partial charge < -0.3 is 4.90 Å². The zero-order valence-electron chi connectivity index (χ0n) is 17.0. The third kappa shape index (κ3) is 7.50. The van der Waals surface area contributed by atoms with Crippen LogP contribution < -0.4 is 0 Å². The number of unbranched alkanes of at least 4 members (excludes halogenated alkanes) is 2. The molecule has 0 N–H and O–H groups in total. The minimum Gasteiger partial charge on any atom is -0.303 e. The Morgan fingerprint density at radius 1 is 0.667 bits per heavy atom. The molecule has 1 atom stereocenters. The summed E-state index contributed by atoms with van der Waals surface area (Å²) in [4.78, 5) is 2.68. The SMILES string of the molecule is c1ccc(CCCC(CCCCCN2CCCCC2)c2ccccc2)cc1. The fourth-order valence-corrected chi connectivity index (χ4v) is 4.49. The molecule has 0 aromatic heterocycles. The van der Waals surface area contributed by atoms with Crippen molar-refractivity contribution in [3.8, 4) is 0 Å². The second kappa shape index (κ2) is 12.0. The first-order chi connectivity index (χ1) is 13.4. The third-order valence-electron chi connectivity index (χ3n) is 6.11. The molecule has 1 unspecified atom stereocenters. The molecule has 0 amide bonds. The first kappa shape index (κ1) is 20.1. The minimum atomic E-state index is 0.727. The molecule has 1 nitrogen and oxygen atoms in total. The lowest BCUT2D eigenvalue weighted by molar-refractivity contribution is 0.224. The van der Waals surface area contributed by atoms with E-state index in [4.69, 9.17) is 0 Å². The van der Waals surface area contributed by atoms with Gasteiger partial charge in [0.15, 0.2) is 0 Å². The van der Waals surface area contributed by atoms with Gasteiger partial charge in [-0.25, -0.2) is 0 Å². The lowest BCUT2D eigenvalue weighted by atomic mass is 9.88. The van der Waals surface area contributed by atoms with Crippen molar-refractivity contribution in [3.63, 3.8) is 0 Å². The lowest BCUT2D eigenvalue weighted by Crippen LogP contribution is -2.30. The van der Waals surface area contributed by atoms with Crippen LogP contribution in [0.2, 0.25) is 0 Å². The Morgan fingerprint density at radius 2 is 1.33 bits per heavy atom. The molecule has 3 rings (SSSR count). The van der Waals surface area contributed by atoms with Gasteiger partial charge in [-0.1, -0.05) is 79.9 Å². The van der Waals surface area contributed by atoms with Crippen molar-refractivity contribution < 1.29 is 0 Å². The van der Waals surface area contributed by atoms with Crippen molar-refractivity contribution in [2.45, 2.75) is 70.1 Å². The van der Waals surface area contributed by atoms with E-state index in [0.717, 1.165) is 5.92 Å². The molecule has 1 aliphatic heterocycles. The van der Waals surface area contributed by atoms with E-state index >= 15 is 0 Å². The summed E-state index contributed by atoms with van der Waals surface area (Å²) >= 11 is 0. The van der Waals surface area contributed by atoms with Crippen molar-refractivity contribution in [2.75, 3.05) is 19.6 Å². The van der Waals surface area contributed by atoms with Gasteiger partial charge in [-0.3, -0.25) is 0 Å². The molecule has 27 heavy (non-hydrogen) atoms. The topological polar surface area (TPSA) is 3.24 Å². The molecule has 1 heteroatoms. The Bertz CT molecular complexity index is 601. The Hall–Kier alpha value is -1.60. The summed E-state index contributed by atoms with van der Waals surface area (Å²) in [6.45, 7) is 4.00. The Labute approximate surface area is 166 Å². The number of piperidine rings is 1. The summed E-state index contributed by atoms with van der Waals surface area (Å²) in [5, 5.41) is 0. The maximum atomic E-state index is 2.68. The van der Waals surface area contributed by atoms with E-state index in [1.165, 1.54) is 89.4 Å². The van der Waals surface area contributed by atoms with Crippen molar-refractivity contribution in [2.24, 2.45) is 0 Å². The maximum absolute atomic E-state index is 2.68. The van der Waals surface area contributed by atoms with Gasteiger partial charge >= 0.3 is 0 Å². The average Bonchev–Trinajstić information content (AvgIpc) is 2.74. The fourth-order valence-electron chi connectivity index (χ4n) is 4.49. The first-order valence-corrected chi connectivity index (χ1v) is 11.2. The third-order valence-corrected chi connectivity index (χ3v) is 6.11. The van der Waals surface area contributed by atoms with Gasteiger partial charge in [-0.2, -0.15) is 0 Å². The van der Waals surface area contributed by atoms with Crippen molar-refractivity contribution >= 4 is 0 Å². The van der Waals surface area contributed by atoms with E-state index in [-0.39, 0.29) is 0 Å². The van der Waals surface area contributed by atoms with E-state index in [2.05, 4.69) is 65.6 Å². The Morgan fingerprint density at radius 3 is 2.07 bits per heavy atom. The summed E-state index contributed by atoms with van der Waals surface area (Å²) in [7, 11) is 0. The van der Waals surface area contributed by atoms with Gasteiger partial charge in [0.1, 0.15) is 0 Å². The fraction of sp³-hybridized carbons (Fsp3) is 0.538. The number of likely N-dealkylation sites (tertiary alicyclic amines) is 1. The van der Waals surface area contributed by atoms with Crippen LogP contribution in [0.5, 0.6) is 0 Å². The molecule has 0 radical (unpaired) electrons. The highest BCUT2D eigenvalue weighted by Gasteiger charge is 2.12. The zero-order valence-corrected chi connectivity index (χ0v) is 17.0. The standard InChI is InChI=1S/C26H37N/c1-5-14-24(15-6-1)16-13-20-26(25-17-7-2-8-18-25)19-9-3-10-21-27-22-11-4-12-23-27/h1-2,5-8,14-15,17-18,26H,3-4,9-13,16,19-23H2. The minimum absolute atomic E-state index is 0.727. The molecule has 1 heterocycles. The quantitative estimate of drug-likeness (QED) is 0.395. The zero-order chi connectivity index (χ0) is 18.6. The molecule has 0 bridgehead atoms. The highest BCUT2D eigenvalue weighted by atomic mass is 15.1. The van der Waals surface area contributed by atoms with Crippen molar-refractivity contribution in [1.82, 2.24) is 4.90 Å². The van der Waals surface area contributed by atoms with E-state index in [1.54, 1.807) is 5.56 Å². The van der Waals surface area contributed by atoms with Gasteiger partial charge in [-0.05, 0) is 81.6 Å². The largest absolute Gasteiger partial charge is 0.303 e. The number of hydrogen-bond donors (Lipinski definition) is 0. The monoisotopic (exact) mass is 363 g/mol. The second-order valence-electron chi connectivity index (χ2n) is 8.24. The van der Waals surface area contributed by atoms with Gasteiger partial charge in [0, 0.05) is 0 Å². The molecule has 0 aliphatic carbocycles. The molecular formula is C26H37N. The molecule has 1 saturated heterocycles. The van der Waals surface area contributed by atoms with Gasteiger partial charge in [0.25, 0.3) is 0 Å². The van der Waals surface area contributed by atoms with E-state index in [9.17, 15) is 0 Å². The van der Waals surface area contributed by atoms with Crippen LogP contribution >= 0.6 is 0 Å². The number of rotatable bonds is 11. The van der Waals surface area contributed by atoms with Crippen molar-refractivity contribution in [3.05, 3.63) is 71.8 Å². The predicted octanol–water partition coefficient (Wildman–Crippen LogP) is 6.84. The summed E-state index contributed by atoms with van der Waals surface area (Å²) < 4.78 is 0. The van der Waals surface area contributed by atoms with Crippen LogP contribution in [0.15, 0.2) is 60.7 Å². The number of benzene rings is 2. The van der Waals surface area contributed by atoms with Gasteiger partial charge in [0.2, 0.25) is 0 Å². The molecule has 2 aromatic carbocycles. The van der Waals surface area contributed by atoms with Crippen LogP contribution in [0.3, 0.4) is 0 Å². The summed E-state index contributed by atoms with van der Waals surface area (Å²) in [5.74, 6) is 0.727. The maximum Gasteiger partial charge on any atom is -0.00187 e. The highest BCUT2D eigenvalue weighted by molar-refractivity contribution is 5.20. The predicted molar refractivity (Wildman–Crippen MR) is 117 cm³/mol. The number of hydrogen-bond acceptors (Lipinski definition) is 1. The molecule has 0 saturated carbocycles. The number of aryl methyl sites for hydroxylation is 1. The van der Waals surface area contributed by atoms with Crippen LogP contribution in [0, 0.1) is 0 Å². The summed E-state index contributed by atoms with van der Waals surface area (Å²) in [6.07, 6.45) is 13.6. The van der Waals surface area contributed by atoms with E-state index < -0.39 is 0 Å². The number of nitrogens with zero attached hydrogens (tertiary/aromatic N) is 1. The highest BCUT2D eigenvalue weighted by Crippen LogP contribution is 2.28. The molecule has 2 aromatic rings. The smallest absolute Gasteiger partial charge is 0.00187 e. The van der Waals surface area contributed by atoms with Gasteiger partial charge in [-0.15, -0.1) is 0 Å². The average molecular weight is 364 g/mol. The molecule has 146 valence electrons. The first-order valence-electron chi connectivity index (χ1n) is 11.2. The van der Waals surface area contributed by atoms with Crippen LogP contribution in [-0.4, -0.2) is 24.5 Å². The van der Waals surface area contributed by atoms with E-state index in [1.807, 2.05) is 0 Å². The summed E-state index contributed by atoms with van der Waals surface area (Å²) in [5.41, 5.74) is 3.02. The molecular weight excluding hydrogens is 326 g/mol. The molecule has 1 fully saturated rings. The van der Waals surface area contributed by atoms with Crippen LogP contribution in [-0.2, 0) is 6.42 Å². The molecule has 0 spiro atoms. The van der Waals surface area contributed by atoms with Crippen molar-refractivity contribution in [1.29, 1.82) is 0 Å². The second-order valence-corrected chi connectivity index (χ2v) is 8.24. The van der Waals surface area contributed by atoms with Gasteiger partial charge in [0.05, 0.1) is 0 Å². The van der Waals surface area contributed by atoms with Crippen LogP contribution in [0.1, 0.15) is 74.8 Å². The Kier molecular flexibility index (Phi) is 8.93. The normalized spacial score (nSPS) is 16.3. The van der Waals surface area contributed by atoms with E-state index in [0.29, 0.717) is 0 Å². The molecule has 1 aliphatic rings. The lowest BCUT2D eigenvalue weighted by Gasteiger charge is -2.26. The Balaban J connectivity index is 1.40.